The molecule has 0 N–H and O–H groups in total. The molecule has 0 aliphatic carbocycles. The fraction of sp³-hybridized carbons (Fsp3) is 0.400. The zero-order valence-electron chi connectivity index (χ0n) is 21.0. The summed E-state index contributed by atoms with van der Waals surface area (Å²) in [5.41, 5.74) is 0.787. The highest BCUT2D eigenvalue weighted by atomic mass is 35.5. The molecule has 0 aliphatic rings. The molecule has 7 nitrogen and oxygen atoms in total. The maximum Gasteiger partial charge on any atom is 0.251 e. The topological polar surface area (TPSA) is 91.2 Å². The molecule has 0 spiro atoms. The van der Waals surface area contributed by atoms with Gasteiger partial charge in [0.05, 0.1) is 23.4 Å². The highest BCUT2D eigenvalue weighted by Crippen LogP contribution is 2.42. The van der Waals surface area contributed by atoms with Crippen LogP contribution < -0.4 is 5.56 Å². The van der Waals surface area contributed by atoms with Crippen molar-refractivity contribution in [1.29, 1.82) is 0 Å². The van der Waals surface area contributed by atoms with E-state index in [1.165, 1.54) is 47.1 Å². The molecule has 194 valence electrons. The molecule has 2 aromatic heterocycles. The number of aromatic nitrogens is 3. The Morgan fingerprint density at radius 1 is 1.14 bits per heavy atom. The smallest absolute Gasteiger partial charge is 0.251 e. The predicted octanol–water partition coefficient (Wildman–Crippen LogP) is 5.58. The van der Waals surface area contributed by atoms with Crippen LogP contribution in [-0.2, 0) is 14.0 Å². The van der Waals surface area contributed by atoms with Crippen LogP contribution in [0.1, 0.15) is 46.2 Å². The van der Waals surface area contributed by atoms with Crippen LogP contribution in [0.2, 0.25) is 5.02 Å². The van der Waals surface area contributed by atoms with Crippen molar-refractivity contribution < 1.29 is 17.0 Å². The summed E-state index contributed by atoms with van der Waals surface area (Å²) < 4.78 is 45.2. The Morgan fingerprint density at radius 3 is 2.42 bits per heavy atom. The van der Waals surface area contributed by atoms with Crippen molar-refractivity contribution in [1.82, 2.24) is 14.5 Å². The SMILES string of the molecule is CC(C)(C)C(C)(C)SOC[C@H](c1ccc(Cl)c(F)c1)n1ccc(-c2ccnc(S(C)(=O)=O)n2)cc1=O. The molecule has 36 heavy (non-hydrogen) atoms. The van der Waals surface area contributed by atoms with Gasteiger partial charge in [-0.1, -0.05) is 38.4 Å². The molecule has 1 atom stereocenters. The van der Waals surface area contributed by atoms with Crippen LogP contribution in [0.25, 0.3) is 11.3 Å². The van der Waals surface area contributed by atoms with Crippen molar-refractivity contribution in [3.05, 3.63) is 75.5 Å². The zero-order chi connectivity index (χ0) is 26.9. The molecular weight excluding hydrogens is 525 g/mol. The Labute approximate surface area is 220 Å². The van der Waals surface area contributed by atoms with Gasteiger partial charge in [0, 0.05) is 35.0 Å². The van der Waals surface area contributed by atoms with Crippen LogP contribution in [0.4, 0.5) is 4.39 Å². The van der Waals surface area contributed by atoms with Gasteiger partial charge in [0.1, 0.15) is 5.82 Å². The van der Waals surface area contributed by atoms with Gasteiger partial charge in [-0.3, -0.25) is 4.79 Å². The van der Waals surface area contributed by atoms with Crippen LogP contribution >= 0.6 is 23.6 Å². The van der Waals surface area contributed by atoms with Gasteiger partial charge in [-0.25, -0.2) is 22.8 Å². The van der Waals surface area contributed by atoms with Crippen LogP contribution in [0.5, 0.6) is 0 Å². The van der Waals surface area contributed by atoms with E-state index in [9.17, 15) is 17.6 Å². The Kier molecular flexibility index (Phi) is 8.34. The maximum atomic E-state index is 14.3. The highest BCUT2D eigenvalue weighted by molar-refractivity contribution is 7.96. The van der Waals surface area contributed by atoms with E-state index in [0.717, 1.165) is 6.26 Å². The van der Waals surface area contributed by atoms with Crippen molar-refractivity contribution in [2.24, 2.45) is 5.41 Å². The highest BCUT2D eigenvalue weighted by Gasteiger charge is 2.35. The Balaban J connectivity index is 1.98. The Morgan fingerprint density at radius 2 is 1.83 bits per heavy atom. The first-order valence-electron chi connectivity index (χ1n) is 11.1. The number of pyridine rings is 1. The summed E-state index contributed by atoms with van der Waals surface area (Å²) >= 11 is 7.19. The summed E-state index contributed by atoms with van der Waals surface area (Å²) in [4.78, 5) is 21.1. The van der Waals surface area contributed by atoms with Gasteiger partial charge in [0.15, 0.2) is 0 Å². The molecule has 3 rings (SSSR count). The molecule has 0 unspecified atom stereocenters. The summed E-state index contributed by atoms with van der Waals surface area (Å²) in [6.07, 6.45) is 3.89. The van der Waals surface area contributed by atoms with Crippen LogP contribution in [0.3, 0.4) is 0 Å². The average molecular weight is 554 g/mol. The number of nitrogens with zero attached hydrogens (tertiary/aromatic N) is 3. The Hall–Kier alpha value is -2.27. The van der Waals surface area contributed by atoms with Crippen molar-refractivity contribution in [3.63, 3.8) is 0 Å². The number of sulfone groups is 1. The van der Waals surface area contributed by atoms with E-state index in [1.807, 2.05) is 0 Å². The predicted molar refractivity (Wildman–Crippen MR) is 141 cm³/mol. The molecule has 3 aromatic rings. The largest absolute Gasteiger partial charge is 0.312 e. The summed E-state index contributed by atoms with van der Waals surface area (Å²) in [5, 5.41) is -0.347. The molecule has 0 fully saturated rings. The van der Waals surface area contributed by atoms with Gasteiger partial charge in [-0.15, -0.1) is 0 Å². The summed E-state index contributed by atoms with van der Waals surface area (Å²) in [5.74, 6) is -0.596. The minimum atomic E-state index is -3.61. The third-order valence-corrected chi connectivity index (χ3v) is 8.62. The number of hydrogen-bond acceptors (Lipinski definition) is 7. The fourth-order valence-electron chi connectivity index (χ4n) is 3.01. The lowest BCUT2D eigenvalue weighted by atomic mass is 9.83. The molecule has 0 aliphatic heterocycles. The van der Waals surface area contributed by atoms with Crippen molar-refractivity contribution in [3.8, 4) is 11.3 Å². The monoisotopic (exact) mass is 553 g/mol. The van der Waals surface area contributed by atoms with E-state index in [4.69, 9.17) is 15.8 Å². The summed E-state index contributed by atoms with van der Waals surface area (Å²) in [6.45, 7) is 10.6. The maximum absolute atomic E-state index is 14.3. The molecule has 0 amide bonds. The van der Waals surface area contributed by atoms with Crippen LogP contribution in [0.15, 0.2) is 58.7 Å². The first-order chi connectivity index (χ1) is 16.6. The molecule has 0 saturated heterocycles. The molecule has 2 heterocycles. The van der Waals surface area contributed by atoms with E-state index >= 15 is 0 Å². The molecular formula is C25H29ClFN3O4S2. The van der Waals surface area contributed by atoms with E-state index < -0.39 is 27.3 Å². The van der Waals surface area contributed by atoms with E-state index in [-0.39, 0.29) is 26.9 Å². The second-order valence-corrected chi connectivity index (χ2v) is 13.7. The molecule has 0 saturated carbocycles. The second kappa shape index (κ2) is 10.6. The fourth-order valence-corrected chi connectivity index (χ4v) is 4.39. The van der Waals surface area contributed by atoms with Gasteiger partial charge >= 0.3 is 0 Å². The zero-order valence-corrected chi connectivity index (χ0v) is 23.3. The molecule has 0 bridgehead atoms. The summed E-state index contributed by atoms with van der Waals surface area (Å²) in [7, 11) is -3.61. The number of rotatable bonds is 8. The average Bonchev–Trinajstić information content (AvgIpc) is 2.78. The molecule has 11 heteroatoms. The molecule has 1 aromatic carbocycles. The van der Waals surface area contributed by atoms with Gasteiger partial charge in [0.2, 0.25) is 15.0 Å². The lowest BCUT2D eigenvalue weighted by molar-refractivity contribution is 0.269. The van der Waals surface area contributed by atoms with E-state index in [2.05, 4.69) is 44.6 Å². The van der Waals surface area contributed by atoms with Gasteiger partial charge in [-0.2, -0.15) is 0 Å². The van der Waals surface area contributed by atoms with Gasteiger partial charge in [-0.05, 0) is 61.1 Å². The Bertz CT molecular complexity index is 1420. The third-order valence-electron chi connectivity index (χ3n) is 6.17. The first kappa shape index (κ1) is 28.3. The standard InChI is InChI=1S/C25H29ClFN3O4S2/c1-24(2,3)25(4,5)35-34-15-21(17-7-8-18(26)19(27)13-17)30-12-10-16(14-22(30)31)20-9-11-28-23(29-20)36(6,32)33/h7-14,21H,15H2,1-6H3/t21-/m1/s1. The number of benzene rings is 1. The normalized spacial score (nSPS) is 13.6. The van der Waals surface area contributed by atoms with Crippen LogP contribution in [-0.4, -0.2) is 40.6 Å². The van der Waals surface area contributed by atoms with E-state index in [0.29, 0.717) is 16.8 Å². The van der Waals surface area contributed by atoms with Crippen molar-refractivity contribution >= 4 is 33.5 Å². The lowest BCUT2D eigenvalue weighted by Crippen LogP contribution is -2.34. The van der Waals surface area contributed by atoms with Gasteiger partial charge < -0.3 is 8.75 Å². The quantitative estimate of drug-likeness (QED) is 0.265. The second-order valence-electron chi connectivity index (χ2n) is 9.98. The number of hydrogen-bond donors (Lipinski definition) is 0. The van der Waals surface area contributed by atoms with Crippen molar-refractivity contribution in [2.75, 3.05) is 12.9 Å². The van der Waals surface area contributed by atoms with Gasteiger partial charge in [0.25, 0.3) is 5.56 Å². The molecule has 0 radical (unpaired) electrons. The summed E-state index contributed by atoms with van der Waals surface area (Å²) in [6, 6.07) is 8.26. The third kappa shape index (κ3) is 6.53. The minimum absolute atomic E-state index is 0.0187. The van der Waals surface area contributed by atoms with Crippen molar-refractivity contribution in [2.45, 2.75) is 50.6 Å². The van der Waals surface area contributed by atoms with Crippen LogP contribution in [0, 0.1) is 11.2 Å². The number of halogens is 2. The lowest BCUT2D eigenvalue weighted by Gasteiger charge is -2.37. The first-order valence-corrected chi connectivity index (χ1v) is 14.1. The van der Waals surface area contributed by atoms with E-state index in [1.54, 1.807) is 18.3 Å². The minimum Gasteiger partial charge on any atom is -0.312 e.